The number of hydrogen-bond acceptors (Lipinski definition) is 5. The van der Waals surface area contributed by atoms with E-state index in [-0.39, 0.29) is 21.6 Å². The summed E-state index contributed by atoms with van der Waals surface area (Å²) in [5.74, 6) is -0.338. The summed E-state index contributed by atoms with van der Waals surface area (Å²) < 4.78 is 7.13. The highest BCUT2D eigenvalue weighted by Gasteiger charge is 2.37. The fourth-order valence-corrected chi connectivity index (χ4v) is 5.11. The first kappa shape index (κ1) is 18.8. The summed E-state index contributed by atoms with van der Waals surface area (Å²) in [5, 5.41) is 11.0. The van der Waals surface area contributed by atoms with E-state index >= 15 is 0 Å². The lowest BCUT2D eigenvalue weighted by atomic mass is 9.83. The number of aromatic hydroxyl groups is 1. The van der Waals surface area contributed by atoms with E-state index in [1.54, 1.807) is 10.6 Å². The SMILES string of the molecule is Cc1cccc(Sc2c(O)c3c(=O)n4c(cc3oc2=O)C(C)(C)c2ccccc2-4)c1. The average molecular weight is 417 g/mol. The minimum Gasteiger partial charge on any atom is -0.505 e. The molecule has 5 nitrogen and oxygen atoms in total. The van der Waals surface area contributed by atoms with Crippen molar-refractivity contribution in [1.29, 1.82) is 0 Å². The third-order valence-electron chi connectivity index (χ3n) is 5.68. The van der Waals surface area contributed by atoms with Gasteiger partial charge in [0.2, 0.25) is 0 Å². The van der Waals surface area contributed by atoms with Gasteiger partial charge in [0, 0.05) is 22.1 Å². The Morgan fingerprint density at radius 1 is 1.03 bits per heavy atom. The highest BCUT2D eigenvalue weighted by molar-refractivity contribution is 7.99. The zero-order chi connectivity index (χ0) is 21.2. The van der Waals surface area contributed by atoms with Crippen LogP contribution in [0.5, 0.6) is 5.75 Å². The fraction of sp³-hybridized carbons (Fsp3) is 0.167. The highest BCUT2D eigenvalue weighted by atomic mass is 32.2. The van der Waals surface area contributed by atoms with Crippen molar-refractivity contribution in [3.05, 3.63) is 92.2 Å². The summed E-state index contributed by atoms with van der Waals surface area (Å²) in [7, 11) is 0. The zero-order valence-electron chi connectivity index (χ0n) is 16.7. The summed E-state index contributed by atoms with van der Waals surface area (Å²) in [6, 6.07) is 17.0. The van der Waals surface area contributed by atoms with Crippen LogP contribution in [0, 0.1) is 6.92 Å². The summed E-state index contributed by atoms with van der Waals surface area (Å²) in [6.07, 6.45) is 0. The molecular formula is C24H19NO4S. The Hall–Kier alpha value is -3.25. The maximum Gasteiger partial charge on any atom is 0.354 e. The van der Waals surface area contributed by atoms with E-state index < -0.39 is 16.6 Å². The minimum atomic E-state index is -0.663. The highest BCUT2D eigenvalue weighted by Crippen LogP contribution is 2.43. The van der Waals surface area contributed by atoms with Gasteiger partial charge in [-0.2, -0.15) is 0 Å². The van der Waals surface area contributed by atoms with Gasteiger partial charge in [-0.25, -0.2) is 4.79 Å². The van der Waals surface area contributed by atoms with Gasteiger partial charge in [0.1, 0.15) is 15.9 Å². The van der Waals surface area contributed by atoms with E-state index in [1.807, 2.05) is 69.3 Å². The number of nitrogens with zero attached hydrogens (tertiary/aromatic N) is 1. The molecule has 0 saturated carbocycles. The van der Waals surface area contributed by atoms with Crippen molar-refractivity contribution in [2.45, 2.75) is 36.0 Å². The molecule has 30 heavy (non-hydrogen) atoms. The normalized spacial score (nSPS) is 14.0. The van der Waals surface area contributed by atoms with Gasteiger partial charge in [0.05, 0.1) is 5.69 Å². The molecule has 3 heterocycles. The number of aryl methyl sites for hydroxylation is 1. The first-order valence-electron chi connectivity index (χ1n) is 9.60. The number of rotatable bonds is 2. The second-order valence-corrected chi connectivity index (χ2v) is 9.12. The lowest BCUT2D eigenvalue weighted by Crippen LogP contribution is -2.24. The van der Waals surface area contributed by atoms with Crippen molar-refractivity contribution in [3.8, 4) is 11.4 Å². The number of benzene rings is 2. The Morgan fingerprint density at radius 2 is 1.80 bits per heavy atom. The Balaban J connectivity index is 1.80. The van der Waals surface area contributed by atoms with Crippen LogP contribution in [0.15, 0.2) is 78.4 Å². The summed E-state index contributed by atoms with van der Waals surface area (Å²) in [5.41, 5.74) is 2.15. The molecule has 4 aromatic rings. The lowest BCUT2D eigenvalue weighted by Gasteiger charge is -2.20. The Kier molecular flexibility index (Phi) is 3.98. The van der Waals surface area contributed by atoms with Crippen molar-refractivity contribution >= 4 is 22.7 Å². The number of para-hydroxylation sites is 1. The maximum atomic E-state index is 13.5. The molecule has 0 amide bonds. The van der Waals surface area contributed by atoms with Gasteiger partial charge >= 0.3 is 5.63 Å². The second-order valence-electron chi connectivity index (χ2n) is 8.04. The molecule has 5 rings (SSSR count). The Bertz CT molecular complexity index is 1460. The van der Waals surface area contributed by atoms with Crippen LogP contribution < -0.4 is 11.2 Å². The van der Waals surface area contributed by atoms with E-state index in [0.29, 0.717) is 0 Å². The van der Waals surface area contributed by atoms with Gasteiger partial charge < -0.3 is 9.52 Å². The van der Waals surface area contributed by atoms with Crippen LogP contribution in [0.4, 0.5) is 0 Å². The van der Waals surface area contributed by atoms with E-state index in [0.717, 1.165) is 39.2 Å². The van der Waals surface area contributed by atoms with Crippen molar-refractivity contribution in [2.24, 2.45) is 0 Å². The predicted octanol–water partition coefficient (Wildman–Crippen LogP) is 4.75. The van der Waals surface area contributed by atoms with E-state index in [4.69, 9.17) is 4.42 Å². The van der Waals surface area contributed by atoms with Crippen molar-refractivity contribution < 1.29 is 9.52 Å². The van der Waals surface area contributed by atoms with Gasteiger partial charge in [0.15, 0.2) is 5.75 Å². The van der Waals surface area contributed by atoms with E-state index in [1.165, 1.54) is 0 Å². The molecule has 2 aromatic carbocycles. The lowest BCUT2D eigenvalue weighted by molar-refractivity contribution is 0.445. The molecule has 150 valence electrons. The van der Waals surface area contributed by atoms with Gasteiger partial charge in [-0.05, 0) is 30.7 Å². The monoisotopic (exact) mass is 417 g/mol. The molecule has 0 bridgehead atoms. The third kappa shape index (κ3) is 2.57. The molecule has 0 atom stereocenters. The molecule has 0 unspecified atom stereocenters. The molecular weight excluding hydrogens is 398 g/mol. The first-order valence-corrected chi connectivity index (χ1v) is 10.4. The minimum absolute atomic E-state index is 0.0105. The first-order chi connectivity index (χ1) is 14.3. The largest absolute Gasteiger partial charge is 0.505 e. The summed E-state index contributed by atoms with van der Waals surface area (Å²) in [6.45, 7) is 5.99. The van der Waals surface area contributed by atoms with Gasteiger partial charge in [-0.1, -0.05) is 61.5 Å². The number of fused-ring (bicyclic) bond motifs is 4. The Labute approximate surface area is 176 Å². The molecule has 1 aliphatic rings. The van der Waals surface area contributed by atoms with Crippen molar-refractivity contribution in [3.63, 3.8) is 0 Å². The smallest absolute Gasteiger partial charge is 0.354 e. The fourth-order valence-electron chi connectivity index (χ4n) is 4.16. The average Bonchev–Trinajstić information content (AvgIpc) is 2.93. The predicted molar refractivity (Wildman–Crippen MR) is 117 cm³/mol. The standard InChI is InChI=1S/C24H19NO4S/c1-13-7-6-8-14(11-13)30-21-20(26)19-17(29-23(21)28)12-18-24(2,3)15-9-4-5-10-16(15)25(18)22(19)27/h4-12,26H,1-3H3. The van der Waals surface area contributed by atoms with Crippen LogP contribution in [0.3, 0.4) is 0 Å². The quantitative estimate of drug-likeness (QED) is 0.510. The van der Waals surface area contributed by atoms with E-state index in [9.17, 15) is 14.7 Å². The van der Waals surface area contributed by atoms with Gasteiger partial charge in [0.25, 0.3) is 5.56 Å². The molecule has 0 spiro atoms. The molecule has 1 aliphatic heterocycles. The molecule has 1 N–H and O–H groups in total. The maximum absolute atomic E-state index is 13.5. The molecule has 0 radical (unpaired) electrons. The molecule has 6 heteroatoms. The van der Waals surface area contributed by atoms with Crippen molar-refractivity contribution in [2.75, 3.05) is 0 Å². The summed E-state index contributed by atoms with van der Waals surface area (Å²) >= 11 is 1.09. The van der Waals surface area contributed by atoms with Crippen LogP contribution in [0.1, 0.15) is 30.7 Å². The van der Waals surface area contributed by atoms with Crippen LogP contribution in [0.25, 0.3) is 16.7 Å². The number of pyridine rings is 1. The molecule has 2 aromatic heterocycles. The zero-order valence-corrected chi connectivity index (χ0v) is 17.5. The second kappa shape index (κ2) is 6.37. The topological polar surface area (TPSA) is 72.4 Å². The molecule has 0 aliphatic carbocycles. The van der Waals surface area contributed by atoms with Crippen LogP contribution >= 0.6 is 11.8 Å². The van der Waals surface area contributed by atoms with Gasteiger partial charge in [-0.3, -0.25) is 9.36 Å². The molecule has 0 fully saturated rings. The van der Waals surface area contributed by atoms with E-state index in [2.05, 4.69) is 0 Å². The van der Waals surface area contributed by atoms with Crippen LogP contribution in [0.2, 0.25) is 0 Å². The van der Waals surface area contributed by atoms with Crippen molar-refractivity contribution in [1.82, 2.24) is 4.57 Å². The number of hydrogen-bond donors (Lipinski definition) is 1. The van der Waals surface area contributed by atoms with Gasteiger partial charge in [-0.15, -0.1) is 0 Å². The summed E-state index contributed by atoms with van der Waals surface area (Å²) in [4.78, 5) is 27.0. The Morgan fingerprint density at radius 3 is 2.57 bits per heavy atom. The number of aromatic nitrogens is 1. The van der Waals surface area contributed by atoms with Crippen LogP contribution in [-0.2, 0) is 5.41 Å². The third-order valence-corrected chi connectivity index (χ3v) is 6.73. The van der Waals surface area contributed by atoms with Crippen LogP contribution in [-0.4, -0.2) is 9.67 Å². The molecule has 0 saturated heterocycles.